The Balaban J connectivity index is 2.33. The number of nitrogens with zero attached hydrogens (tertiary/aromatic N) is 1. The van der Waals surface area contributed by atoms with E-state index in [0.717, 1.165) is 12.1 Å². The van der Waals surface area contributed by atoms with Crippen molar-refractivity contribution in [2.75, 3.05) is 0 Å². The maximum absolute atomic E-state index is 13.4. The van der Waals surface area contributed by atoms with Crippen molar-refractivity contribution in [1.29, 1.82) is 5.26 Å². The molecule has 108 valence electrons. The lowest BCUT2D eigenvalue weighted by molar-refractivity contribution is 0.476. The fourth-order valence-corrected chi connectivity index (χ4v) is 2.34. The fourth-order valence-electron chi connectivity index (χ4n) is 1.52. The molecule has 5 nitrogen and oxygen atoms in total. The van der Waals surface area contributed by atoms with Crippen LogP contribution < -0.4 is 9.88 Å². The van der Waals surface area contributed by atoms with Gasteiger partial charge in [0.2, 0.25) is 10.0 Å². The molecule has 0 atom stereocenters. The summed E-state index contributed by atoms with van der Waals surface area (Å²) in [6.07, 6.45) is 0. The summed E-state index contributed by atoms with van der Waals surface area (Å²) in [6, 6.07) is 9.02. The van der Waals surface area contributed by atoms with Crippen LogP contribution in [0.1, 0.15) is 5.56 Å². The Hall–Kier alpha value is -2.14. The van der Waals surface area contributed by atoms with Crippen LogP contribution in [0.25, 0.3) is 0 Å². The van der Waals surface area contributed by atoms with Gasteiger partial charge in [0.15, 0.2) is 0 Å². The number of hydrogen-bond acceptors (Lipinski definition) is 4. The molecule has 0 aliphatic carbocycles. The zero-order valence-corrected chi connectivity index (χ0v) is 12.0. The third-order valence-corrected chi connectivity index (χ3v) is 3.73. The zero-order valence-electron chi connectivity index (χ0n) is 10.4. The predicted molar refractivity (Wildman–Crippen MR) is 74.0 cm³/mol. The quantitative estimate of drug-likeness (QED) is 0.938. The summed E-state index contributed by atoms with van der Waals surface area (Å²) in [4.78, 5) is -0.161. The van der Waals surface area contributed by atoms with E-state index in [1.165, 1.54) is 24.3 Å². The molecule has 0 aliphatic rings. The van der Waals surface area contributed by atoms with Gasteiger partial charge in [-0.1, -0.05) is 11.6 Å². The lowest BCUT2D eigenvalue weighted by Crippen LogP contribution is -2.11. The van der Waals surface area contributed by atoms with Gasteiger partial charge in [-0.15, -0.1) is 0 Å². The number of nitriles is 1. The molecule has 8 heteroatoms. The molecule has 0 spiro atoms. The molecule has 2 aromatic rings. The zero-order chi connectivity index (χ0) is 15.6. The third-order valence-electron chi connectivity index (χ3n) is 2.52. The molecule has 0 unspecified atom stereocenters. The summed E-state index contributed by atoms with van der Waals surface area (Å²) in [5.74, 6) is -0.475. The van der Waals surface area contributed by atoms with Crippen LogP contribution in [0.3, 0.4) is 0 Å². The highest BCUT2D eigenvalue weighted by atomic mass is 35.5. The molecule has 0 saturated heterocycles. The molecule has 0 amide bonds. The fraction of sp³-hybridized carbons (Fsp3) is 0. The number of hydrogen-bond donors (Lipinski definition) is 1. The molecule has 0 aromatic heterocycles. The van der Waals surface area contributed by atoms with Gasteiger partial charge in [0, 0.05) is 6.07 Å². The van der Waals surface area contributed by atoms with Crippen LogP contribution in [0.5, 0.6) is 11.5 Å². The highest BCUT2D eigenvalue weighted by Gasteiger charge is 2.12. The summed E-state index contributed by atoms with van der Waals surface area (Å²) in [5.41, 5.74) is -0.113. The van der Waals surface area contributed by atoms with Crippen LogP contribution in [0, 0.1) is 17.1 Å². The van der Waals surface area contributed by atoms with Gasteiger partial charge < -0.3 is 4.74 Å². The van der Waals surface area contributed by atoms with Crippen LogP contribution in [-0.4, -0.2) is 8.42 Å². The van der Waals surface area contributed by atoms with E-state index in [2.05, 4.69) is 0 Å². The molecule has 2 rings (SSSR count). The van der Waals surface area contributed by atoms with Crippen LogP contribution in [-0.2, 0) is 10.0 Å². The average molecular weight is 327 g/mol. The highest BCUT2D eigenvalue weighted by Crippen LogP contribution is 2.31. The smallest absolute Gasteiger partial charge is 0.238 e. The minimum absolute atomic E-state index is 0.00583. The second-order valence-electron chi connectivity index (χ2n) is 3.99. The van der Waals surface area contributed by atoms with Crippen molar-refractivity contribution in [1.82, 2.24) is 0 Å². The highest BCUT2D eigenvalue weighted by molar-refractivity contribution is 7.89. The van der Waals surface area contributed by atoms with E-state index in [1.807, 2.05) is 0 Å². The third kappa shape index (κ3) is 3.49. The van der Waals surface area contributed by atoms with E-state index in [1.54, 1.807) is 6.07 Å². The first-order valence-electron chi connectivity index (χ1n) is 5.51. The normalized spacial score (nSPS) is 11.0. The van der Waals surface area contributed by atoms with E-state index in [-0.39, 0.29) is 27.0 Å². The summed E-state index contributed by atoms with van der Waals surface area (Å²) in [5, 5.41) is 13.6. The Labute approximate surface area is 125 Å². The van der Waals surface area contributed by atoms with Crippen molar-refractivity contribution in [3.8, 4) is 17.6 Å². The van der Waals surface area contributed by atoms with Gasteiger partial charge in [-0.2, -0.15) is 5.26 Å². The summed E-state index contributed by atoms with van der Waals surface area (Å²) < 4.78 is 41.1. The van der Waals surface area contributed by atoms with E-state index in [4.69, 9.17) is 26.7 Å². The number of nitrogens with two attached hydrogens (primary N) is 1. The lowest BCUT2D eigenvalue weighted by Gasteiger charge is -2.09. The van der Waals surface area contributed by atoms with Gasteiger partial charge in [0.25, 0.3) is 0 Å². The predicted octanol–water partition coefficient (Wildman–Crippen LogP) is 2.79. The molecule has 0 fully saturated rings. The second-order valence-corrected chi connectivity index (χ2v) is 5.96. The number of primary sulfonamides is 1. The molecule has 0 bridgehead atoms. The number of ether oxygens (including phenoxy) is 1. The second kappa shape index (κ2) is 5.69. The van der Waals surface area contributed by atoms with Gasteiger partial charge >= 0.3 is 0 Å². The maximum Gasteiger partial charge on any atom is 0.238 e. The van der Waals surface area contributed by atoms with Crippen molar-refractivity contribution in [3.63, 3.8) is 0 Å². The number of halogens is 2. The van der Waals surface area contributed by atoms with Crippen LogP contribution >= 0.6 is 11.6 Å². The van der Waals surface area contributed by atoms with Gasteiger partial charge in [-0.25, -0.2) is 17.9 Å². The minimum atomic E-state index is -3.87. The first kappa shape index (κ1) is 15.3. The van der Waals surface area contributed by atoms with Crippen LogP contribution in [0.15, 0.2) is 41.3 Å². The largest absolute Gasteiger partial charge is 0.456 e. The minimum Gasteiger partial charge on any atom is -0.456 e. The number of rotatable bonds is 3. The number of sulfonamides is 1. The average Bonchev–Trinajstić information content (AvgIpc) is 2.40. The van der Waals surface area contributed by atoms with Crippen molar-refractivity contribution >= 4 is 21.6 Å². The van der Waals surface area contributed by atoms with Crippen LogP contribution in [0.4, 0.5) is 4.39 Å². The Morgan fingerprint density at radius 1 is 1.24 bits per heavy atom. The molecule has 0 aliphatic heterocycles. The summed E-state index contributed by atoms with van der Waals surface area (Å²) in [7, 11) is -3.87. The van der Waals surface area contributed by atoms with E-state index in [0.29, 0.717) is 0 Å². The van der Waals surface area contributed by atoms with E-state index >= 15 is 0 Å². The first-order chi connectivity index (χ1) is 9.81. The lowest BCUT2D eigenvalue weighted by atomic mass is 10.2. The summed E-state index contributed by atoms with van der Waals surface area (Å²) >= 11 is 5.89. The molecule has 0 radical (unpaired) electrons. The Morgan fingerprint density at radius 2 is 1.95 bits per heavy atom. The van der Waals surface area contributed by atoms with Gasteiger partial charge in [-0.05, 0) is 30.3 Å². The first-order valence-corrected chi connectivity index (χ1v) is 7.43. The van der Waals surface area contributed by atoms with Crippen molar-refractivity contribution in [2.24, 2.45) is 5.14 Å². The van der Waals surface area contributed by atoms with Gasteiger partial charge in [0.05, 0.1) is 15.5 Å². The topological polar surface area (TPSA) is 93.2 Å². The SMILES string of the molecule is N#Cc1ccc(Oc2ccc(S(N)(=O)=O)cc2Cl)cc1F. The van der Waals surface area contributed by atoms with Gasteiger partial charge in [-0.3, -0.25) is 0 Å². The van der Waals surface area contributed by atoms with E-state index < -0.39 is 15.8 Å². The Morgan fingerprint density at radius 3 is 2.48 bits per heavy atom. The van der Waals surface area contributed by atoms with Crippen molar-refractivity contribution < 1.29 is 17.5 Å². The molecular weight excluding hydrogens is 319 g/mol. The molecule has 2 aromatic carbocycles. The van der Waals surface area contributed by atoms with E-state index in [9.17, 15) is 12.8 Å². The standard InChI is InChI=1S/C13H8ClFN2O3S/c14-11-6-10(21(17,18)19)3-4-13(11)20-9-2-1-8(7-16)12(15)5-9/h1-6H,(H2,17,18,19). The monoisotopic (exact) mass is 326 g/mol. The summed E-state index contributed by atoms with van der Waals surface area (Å²) in [6.45, 7) is 0. The molecule has 0 saturated carbocycles. The molecule has 2 N–H and O–H groups in total. The molecular formula is C13H8ClFN2O3S. The van der Waals surface area contributed by atoms with Crippen LogP contribution in [0.2, 0.25) is 5.02 Å². The molecule has 21 heavy (non-hydrogen) atoms. The van der Waals surface area contributed by atoms with Gasteiger partial charge in [0.1, 0.15) is 23.4 Å². The maximum atomic E-state index is 13.4. The van der Waals surface area contributed by atoms with Crippen molar-refractivity contribution in [2.45, 2.75) is 4.90 Å². The van der Waals surface area contributed by atoms with Crippen molar-refractivity contribution in [3.05, 3.63) is 52.8 Å². The number of benzene rings is 2. The Bertz CT molecular complexity index is 847. The Kier molecular flexibility index (Phi) is 4.14. The molecule has 0 heterocycles.